The Hall–Kier alpha value is -1.10. The van der Waals surface area contributed by atoms with E-state index in [9.17, 15) is 4.79 Å². The third kappa shape index (κ3) is 2.83. The van der Waals surface area contributed by atoms with Crippen LogP contribution in [0.2, 0.25) is 0 Å². The summed E-state index contributed by atoms with van der Waals surface area (Å²) in [5.74, 6) is -0.113. The Bertz CT molecular complexity index is 343. The molecule has 2 aliphatic rings. The van der Waals surface area contributed by atoms with Crippen molar-refractivity contribution >= 4 is 11.6 Å². The maximum absolute atomic E-state index is 11.6. The van der Waals surface area contributed by atoms with E-state index in [-0.39, 0.29) is 11.5 Å². The quantitative estimate of drug-likeness (QED) is 0.817. The van der Waals surface area contributed by atoms with E-state index in [4.69, 9.17) is 4.84 Å². The fraction of sp³-hybridized carbons (Fsp3) is 0.846. The van der Waals surface area contributed by atoms with Gasteiger partial charge in [0.05, 0.1) is 0 Å². The first kappa shape index (κ1) is 13.3. The van der Waals surface area contributed by atoms with E-state index in [1.54, 1.807) is 7.05 Å². The van der Waals surface area contributed by atoms with Gasteiger partial charge in [0.1, 0.15) is 5.71 Å². The zero-order valence-electron chi connectivity index (χ0n) is 11.4. The van der Waals surface area contributed by atoms with Gasteiger partial charge in [0.2, 0.25) is 0 Å². The summed E-state index contributed by atoms with van der Waals surface area (Å²) in [5, 5.41) is 6.59. The number of carbonyl (C=O) groups excluding carboxylic acids is 1. The molecule has 1 N–H and O–H groups in total. The highest BCUT2D eigenvalue weighted by Gasteiger charge is 2.44. The summed E-state index contributed by atoms with van der Waals surface area (Å²) < 4.78 is 0. The van der Waals surface area contributed by atoms with Crippen LogP contribution in [-0.4, -0.2) is 48.8 Å². The van der Waals surface area contributed by atoms with Gasteiger partial charge < -0.3 is 10.2 Å². The molecular formula is C13H23N3O2. The van der Waals surface area contributed by atoms with Crippen LogP contribution in [0.3, 0.4) is 0 Å². The van der Waals surface area contributed by atoms with Crippen molar-refractivity contribution in [3.8, 4) is 0 Å². The minimum Gasteiger partial charge on any atom is -0.387 e. The molecule has 1 atom stereocenters. The number of oxime groups is 1. The van der Waals surface area contributed by atoms with Crippen molar-refractivity contribution in [3.05, 3.63) is 0 Å². The van der Waals surface area contributed by atoms with Crippen LogP contribution < -0.4 is 5.32 Å². The van der Waals surface area contributed by atoms with Gasteiger partial charge in [0, 0.05) is 20.0 Å². The van der Waals surface area contributed by atoms with Gasteiger partial charge in [-0.2, -0.15) is 0 Å². The van der Waals surface area contributed by atoms with Crippen LogP contribution in [0.1, 0.15) is 39.0 Å². The molecule has 1 saturated heterocycles. The molecule has 2 heterocycles. The lowest BCUT2D eigenvalue weighted by Crippen LogP contribution is -2.49. The van der Waals surface area contributed by atoms with Crippen molar-refractivity contribution in [2.45, 2.75) is 44.6 Å². The van der Waals surface area contributed by atoms with Crippen LogP contribution >= 0.6 is 0 Å². The summed E-state index contributed by atoms with van der Waals surface area (Å²) in [4.78, 5) is 19.6. The lowest BCUT2D eigenvalue weighted by atomic mass is 9.88. The molecule has 0 bridgehead atoms. The van der Waals surface area contributed by atoms with Crippen LogP contribution in [0.15, 0.2) is 5.16 Å². The molecule has 18 heavy (non-hydrogen) atoms. The molecule has 1 fully saturated rings. The molecule has 1 amide bonds. The summed E-state index contributed by atoms with van der Waals surface area (Å²) >= 11 is 0. The van der Waals surface area contributed by atoms with Crippen LogP contribution in [-0.2, 0) is 9.63 Å². The molecule has 0 aliphatic carbocycles. The highest BCUT2D eigenvalue weighted by Crippen LogP contribution is 2.33. The minimum atomic E-state index is -0.242. The number of unbranched alkanes of at least 4 members (excludes halogenated alkanes) is 1. The van der Waals surface area contributed by atoms with E-state index in [1.165, 1.54) is 12.8 Å². The van der Waals surface area contributed by atoms with Crippen molar-refractivity contribution in [1.82, 2.24) is 10.2 Å². The molecule has 102 valence electrons. The average molecular weight is 253 g/mol. The lowest BCUT2D eigenvalue weighted by molar-refractivity contribution is -0.114. The maximum atomic E-state index is 11.6. The number of amides is 1. The van der Waals surface area contributed by atoms with Crippen LogP contribution in [0.5, 0.6) is 0 Å². The first-order valence-electron chi connectivity index (χ1n) is 6.88. The third-order valence-corrected chi connectivity index (χ3v) is 3.77. The van der Waals surface area contributed by atoms with Gasteiger partial charge in [-0.25, -0.2) is 0 Å². The average Bonchev–Trinajstić information content (AvgIpc) is 2.79. The molecule has 5 heteroatoms. The fourth-order valence-electron chi connectivity index (χ4n) is 2.77. The highest BCUT2D eigenvalue weighted by molar-refractivity contribution is 6.39. The predicted molar refractivity (Wildman–Crippen MR) is 70.5 cm³/mol. The third-order valence-electron chi connectivity index (χ3n) is 3.77. The Morgan fingerprint density at radius 2 is 2.44 bits per heavy atom. The van der Waals surface area contributed by atoms with Gasteiger partial charge >= 0.3 is 0 Å². The Labute approximate surface area is 109 Å². The van der Waals surface area contributed by atoms with E-state index in [0.717, 1.165) is 32.5 Å². The Balaban J connectivity index is 1.91. The lowest BCUT2D eigenvalue weighted by Gasteiger charge is -2.38. The zero-order chi connectivity index (χ0) is 13.0. The summed E-state index contributed by atoms with van der Waals surface area (Å²) in [6, 6.07) is 0. The van der Waals surface area contributed by atoms with Gasteiger partial charge in [-0.05, 0) is 32.4 Å². The molecule has 0 saturated carbocycles. The number of piperidine rings is 1. The van der Waals surface area contributed by atoms with Gasteiger partial charge in [-0.3, -0.25) is 9.69 Å². The van der Waals surface area contributed by atoms with Crippen LogP contribution in [0.4, 0.5) is 0 Å². The second-order valence-corrected chi connectivity index (χ2v) is 5.30. The SMILES string of the molecule is CCCCN1CCC[C@]2(CC(C(=O)NC)=NO2)C1. The second kappa shape index (κ2) is 5.69. The summed E-state index contributed by atoms with van der Waals surface area (Å²) in [6.07, 6.45) is 5.21. The van der Waals surface area contributed by atoms with Gasteiger partial charge in [-0.1, -0.05) is 18.5 Å². The highest BCUT2D eigenvalue weighted by atomic mass is 16.7. The Morgan fingerprint density at radius 1 is 1.61 bits per heavy atom. The number of hydrogen-bond acceptors (Lipinski definition) is 4. The Kier molecular flexibility index (Phi) is 4.22. The second-order valence-electron chi connectivity index (χ2n) is 5.30. The summed E-state index contributed by atoms with van der Waals surface area (Å²) in [5.41, 5.74) is 0.295. The largest absolute Gasteiger partial charge is 0.387 e. The number of hydrogen-bond donors (Lipinski definition) is 1. The molecule has 2 aliphatic heterocycles. The molecule has 2 rings (SSSR count). The smallest absolute Gasteiger partial charge is 0.268 e. The number of nitrogens with zero attached hydrogens (tertiary/aromatic N) is 2. The van der Waals surface area contributed by atoms with Crippen LogP contribution in [0.25, 0.3) is 0 Å². The van der Waals surface area contributed by atoms with E-state index in [0.29, 0.717) is 12.1 Å². The number of rotatable bonds is 4. The molecule has 0 aromatic heterocycles. The maximum Gasteiger partial charge on any atom is 0.268 e. The van der Waals surface area contributed by atoms with E-state index >= 15 is 0 Å². The zero-order valence-corrected chi connectivity index (χ0v) is 11.4. The fourth-order valence-corrected chi connectivity index (χ4v) is 2.77. The van der Waals surface area contributed by atoms with Crippen molar-refractivity contribution < 1.29 is 9.63 Å². The number of carbonyl (C=O) groups is 1. The van der Waals surface area contributed by atoms with Crippen molar-refractivity contribution in [2.24, 2.45) is 5.16 Å². The Morgan fingerprint density at radius 3 is 3.17 bits per heavy atom. The van der Waals surface area contributed by atoms with Gasteiger partial charge in [0.25, 0.3) is 5.91 Å². The monoisotopic (exact) mass is 253 g/mol. The molecule has 0 radical (unpaired) electrons. The number of likely N-dealkylation sites (tertiary alicyclic amines) is 1. The molecule has 0 aromatic carbocycles. The normalized spacial score (nSPS) is 28.0. The summed E-state index contributed by atoms with van der Waals surface area (Å²) in [6.45, 7) is 5.37. The molecule has 1 spiro atoms. The van der Waals surface area contributed by atoms with Crippen molar-refractivity contribution in [1.29, 1.82) is 0 Å². The first-order chi connectivity index (χ1) is 8.69. The van der Waals surface area contributed by atoms with Gasteiger partial charge in [0.15, 0.2) is 5.60 Å². The van der Waals surface area contributed by atoms with Crippen molar-refractivity contribution in [3.63, 3.8) is 0 Å². The van der Waals surface area contributed by atoms with Crippen molar-refractivity contribution in [2.75, 3.05) is 26.7 Å². The van der Waals surface area contributed by atoms with E-state index < -0.39 is 0 Å². The van der Waals surface area contributed by atoms with E-state index in [2.05, 4.69) is 22.3 Å². The minimum absolute atomic E-state index is 0.113. The topological polar surface area (TPSA) is 53.9 Å². The molecule has 0 unspecified atom stereocenters. The first-order valence-corrected chi connectivity index (χ1v) is 6.88. The standard InChI is InChI=1S/C13H23N3O2/c1-3-4-7-16-8-5-6-13(10-16)9-11(15-18-13)12(17)14-2/h3-10H2,1-2H3,(H,14,17)/t13-/m0/s1. The molecule has 5 nitrogen and oxygen atoms in total. The van der Waals surface area contributed by atoms with Crippen LogP contribution in [0, 0.1) is 0 Å². The van der Waals surface area contributed by atoms with E-state index in [1.807, 2.05) is 0 Å². The number of nitrogens with one attached hydrogen (secondary N) is 1. The predicted octanol–water partition coefficient (Wildman–Crippen LogP) is 1.14. The van der Waals surface area contributed by atoms with Gasteiger partial charge in [-0.15, -0.1) is 0 Å². The molecule has 0 aromatic rings. The summed E-state index contributed by atoms with van der Waals surface area (Å²) in [7, 11) is 1.63. The molecular weight excluding hydrogens is 230 g/mol.